The van der Waals surface area contributed by atoms with Crippen LogP contribution in [0.1, 0.15) is 20.8 Å². The van der Waals surface area contributed by atoms with E-state index in [0.29, 0.717) is 0 Å². The van der Waals surface area contributed by atoms with Crippen LogP contribution in [0.15, 0.2) is 0 Å². The van der Waals surface area contributed by atoms with Crippen molar-refractivity contribution in [3.63, 3.8) is 0 Å². The van der Waals surface area contributed by atoms with E-state index in [9.17, 15) is 0 Å². The largest absolute Gasteiger partial charge is 2.00 e. The molecule has 0 N–H and O–H groups in total. The first-order chi connectivity index (χ1) is 3.68. The Bertz CT molecular complexity index is 59.2. The number of halogens is 2. The summed E-state index contributed by atoms with van der Waals surface area (Å²) in [4.78, 5) is 0. The average Bonchev–Trinajstić information content (AvgIpc) is 1.87. The first-order valence-corrected chi connectivity index (χ1v) is 6.80. The van der Waals surface area contributed by atoms with Crippen molar-refractivity contribution in [1.29, 1.82) is 0 Å². The van der Waals surface area contributed by atoms with E-state index in [2.05, 4.69) is 27.3 Å². The third kappa shape index (κ3) is 9.86. The van der Waals surface area contributed by atoms with E-state index in [-0.39, 0.29) is 57.0 Å². The molecule has 0 amide bonds. The summed E-state index contributed by atoms with van der Waals surface area (Å²) in [6.07, 6.45) is 0. The van der Waals surface area contributed by atoms with Crippen LogP contribution in [0.3, 0.4) is 0 Å². The third-order valence-corrected chi connectivity index (χ3v) is 7.68. The van der Waals surface area contributed by atoms with Crippen molar-refractivity contribution >= 4 is 31.1 Å². The Balaban J connectivity index is -0.0000000817. The van der Waals surface area contributed by atoms with Crippen molar-refractivity contribution in [2.45, 2.75) is 45.5 Å². The Morgan fingerprint density at radius 2 is 1.00 bits per heavy atom. The molecule has 0 spiro atoms. The van der Waals surface area contributed by atoms with Gasteiger partial charge in [-0.1, -0.05) is 45.5 Å². The fraction of sp³-hybridized carbons (Fsp3) is 1.00. The molecule has 0 aliphatic heterocycles. The molecule has 0 nitrogen and oxygen atoms in total. The van der Waals surface area contributed by atoms with Gasteiger partial charge in [-0.2, -0.15) is 0 Å². The minimum atomic E-state index is -0.671. The Labute approximate surface area is 110 Å². The summed E-state index contributed by atoms with van der Waals surface area (Å²) in [6, 6.07) is 4.38. The van der Waals surface area contributed by atoms with E-state index in [0.717, 1.165) is 0 Å². The van der Waals surface area contributed by atoms with Crippen molar-refractivity contribution in [2.75, 3.05) is 0 Å². The van der Waals surface area contributed by atoms with Crippen molar-refractivity contribution in [3.05, 3.63) is 0 Å². The van der Waals surface area contributed by atoms with Crippen LogP contribution in [0, 0.1) is 0 Å². The van der Waals surface area contributed by atoms with Gasteiger partial charge in [0.1, 0.15) is 0 Å². The fourth-order valence-corrected chi connectivity index (χ4v) is 2.25. The van der Waals surface area contributed by atoms with Crippen molar-refractivity contribution in [1.82, 2.24) is 0 Å². The average molecular weight is 314 g/mol. The van der Waals surface area contributed by atoms with Crippen LogP contribution in [-0.2, 0) is 0 Å². The standard InChI is InChI=1S/C7H18Si.2BrH.Mg/c1-5-8(4,6-2)7-3;;;/h5-7H2,1-4H3;2*1H;/q;;;+2/p-2. The molecule has 0 rings (SSSR count). The van der Waals surface area contributed by atoms with E-state index in [4.69, 9.17) is 0 Å². The molecule has 0 radical (unpaired) electrons. The summed E-state index contributed by atoms with van der Waals surface area (Å²) in [5.41, 5.74) is 0. The maximum absolute atomic E-state index is 2.49. The van der Waals surface area contributed by atoms with Crippen molar-refractivity contribution in [3.8, 4) is 0 Å². The molecule has 11 heavy (non-hydrogen) atoms. The molecule has 66 valence electrons. The van der Waals surface area contributed by atoms with E-state index in [1.807, 2.05) is 0 Å². The van der Waals surface area contributed by atoms with Crippen molar-refractivity contribution in [2.24, 2.45) is 0 Å². The van der Waals surface area contributed by atoms with Gasteiger partial charge in [0.15, 0.2) is 0 Å². The van der Waals surface area contributed by atoms with Gasteiger partial charge in [-0.3, -0.25) is 0 Å². The van der Waals surface area contributed by atoms with E-state index < -0.39 is 8.07 Å². The van der Waals surface area contributed by atoms with Crippen LogP contribution in [0.2, 0.25) is 24.7 Å². The van der Waals surface area contributed by atoms with Gasteiger partial charge in [0.05, 0.1) is 0 Å². The quantitative estimate of drug-likeness (QED) is 0.480. The van der Waals surface area contributed by atoms with Crippen LogP contribution < -0.4 is 34.0 Å². The van der Waals surface area contributed by atoms with Gasteiger partial charge >= 0.3 is 23.1 Å². The van der Waals surface area contributed by atoms with E-state index in [1.54, 1.807) is 0 Å². The van der Waals surface area contributed by atoms with Gasteiger partial charge in [-0.05, 0) is 0 Å². The topological polar surface area (TPSA) is 0 Å². The van der Waals surface area contributed by atoms with E-state index >= 15 is 0 Å². The van der Waals surface area contributed by atoms with Gasteiger partial charge < -0.3 is 34.0 Å². The molecule has 0 aliphatic carbocycles. The summed E-state index contributed by atoms with van der Waals surface area (Å²) in [6.45, 7) is 9.49. The molecule has 0 saturated heterocycles. The van der Waals surface area contributed by atoms with Crippen LogP contribution >= 0.6 is 0 Å². The SMILES string of the molecule is CC[Si](C)(CC)CC.[Br-].[Br-].[Mg+2]. The second-order valence-electron chi connectivity index (χ2n) is 2.87. The minimum absolute atomic E-state index is 0. The van der Waals surface area contributed by atoms with Crippen LogP contribution in [0.25, 0.3) is 0 Å². The molecule has 0 fully saturated rings. The van der Waals surface area contributed by atoms with Gasteiger partial charge in [-0.25, -0.2) is 0 Å². The molecule has 0 heterocycles. The van der Waals surface area contributed by atoms with Gasteiger partial charge in [0, 0.05) is 8.07 Å². The summed E-state index contributed by atoms with van der Waals surface area (Å²) in [5.74, 6) is 0. The molecule has 0 bridgehead atoms. The zero-order chi connectivity index (χ0) is 6.62. The molecule has 0 unspecified atom stereocenters. The zero-order valence-corrected chi connectivity index (χ0v) is 13.7. The molecular formula is C7H18Br2MgSi. The van der Waals surface area contributed by atoms with Gasteiger partial charge in [0.2, 0.25) is 0 Å². The maximum atomic E-state index is 2.49. The fourth-order valence-electron chi connectivity index (χ4n) is 0.750. The Morgan fingerprint density at radius 1 is 0.818 bits per heavy atom. The minimum Gasteiger partial charge on any atom is -1.00 e. The maximum Gasteiger partial charge on any atom is 2.00 e. The van der Waals surface area contributed by atoms with Crippen LogP contribution in [0.5, 0.6) is 0 Å². The molecule has 0 aromatic heterocycles. The predicted octanol–water partition coefficient (Wildman–Crippen LogP) is -3.25. The Hall–Kier alpha value is 1.94. The summed E-state index contributed by atoms with van der Waals surface area (Å²) in [5, 5.41) is 0. The summed E-state index contributed by atoms with van der Waals surface area (Å²) >= 11 is 0. The molecule has 0 atom stereocenters. The molecule has 0 aromatic rings. The first-order valence-electron chi connectivity index (χ1n) is 3.68. The van der Waals surface area contributed by atoms with Gasteiger partial charge in [-0.15, -0.1) is 0 Å². The Morgan fingerprint density at radius 3 is 1.00 bits per heavy atom. The van der Waals surface area contributed by atoms with E-state index in [1.165, 1.54) is 18.1 Å². The number of rotatable bonds is 3. The summed E-state index contributed by atoms with van der Waals surface area (Å²) in [7, 11) is -0.671. The normalized spacial score (nSPS) is 8.73. The number of hydrogen-bond acceptors (Lipinski definition) is 0. The van der Waals surface area contributed by atoms with Crippen LogP contribution in [-0.4, -0.2) is 31.1 Å². The first kappa shape index (κ1) is 23.1. The molecule has 0 aromatic carbocycles. The zero-order valence-electron chi connectivity index (χ0n) is 8.08. The van der Waals surface area contributed by atoms with Gasteiger partial charge in [0.25, 0.3) is 0 Å². The third-order valence-electron chi connectivity index (χ3n) is 2.56. The second-order valence-corrected chi connectivity index (χ2v) is 8.61. The smallest absolute Gasteiger partial charge is 1.00 e. The number of hydrogen-bond donors (Lipinski definition) is 0. The monoisotopic (exact) mass is 312 g/mol. The molecular weight excluding hydrogens is 296 g/mol. The summed E-state index contributed by atoms with van der Waals surface area (Å²) < 4.78 is 0. The second kappa shape index (κ2) is 11.9. The molecule has 0 saturated carbocycles. The predicted molar refractivity (Wildman–Crippen MR) is 48.8 cm³/mol. The van der Waals surface area contributed by atoms with Crippen molar-refractivity contribution < 1.29 is 34.0 Å². The molecule has 4 heteroatoms. The Kier molecular flexibility index (Phi) is 25.1. The molecule has 0 aliphatic rings. The van der Waals surface area contributed by atoms with Crippen LogP contribution in [0.4, 0.5) is 0 Å².